The van der Waals surface area contributed by atoms with E-state index in [0.29, 0.717) is 6.42 Å². The standard InChI is InChI=1S/C15H23NO2Si/c1-6-13-11-12(9-8-10-19(3,4)5)15(18)16(13)14(17)7-2/h6-9,12-13H,1-2,10-11H2,3-5H3/b9-8+/t12-,13+/m0/s1. The minimum absolute atomic E-state index is 0.137. The summed E-state index contributed by atoms with van der Waals surface area (Å²) in [4.78, 5) is 25.2. The number of nitrogens with zero attached hydrogens (tertiary/aromatic N) is 1. The Labute approximate surface area is 116 Å². The number of allylic oxidation sites excluding steroid dienone is 1. The fraction of sp³-hybridized carbons (Fsp3) is 0.467. The topological polar surface area (TPSA) is 37.4 Å². The SMILES string of the molecule is C=CC(=O)N1C(=O)[C@@H](/C=C/C[Si](C)(C)C)C[C@H]1C=C. The molecule has 0 aromatic heterocycles. The van der Waals surface area contributed by atoms with E-state index in [2.05, 4.69) is 38.9 Å². The number of likely N-dealkylation sites (tertiary alicyclic amines) is 1. The summed E-state index contributed by atoms with van der Waals surface area (Å²) >= 11 is 0. The Morgan fingerprint density at radius 3 is 2.53 bits per heavy atom. The molecule has 0 aromatic carbocycles. The zero-order valence-electron chi connectivity index (χ0n) is 12.1. The molecule has 4 heteroatoms. The van der Waals surface area contributed by atoms with Crippen molar-refractivity contribution >= 4 is 19.9 Å². The van der Waals surface area contributed by atoms with Crippen LogP contribution in [0.1, 0.15) is 6.42 Å². The molecule has 0 saturated carbocycles. The van der Waals surface area contributed by atoms with Crippen LogP contribution in [0.3, 0.4) is 0 Å². The van der Waals surface area contributed by atoms with Crippen molar-refractivity contribution in [2.75, 3.05) is 0 Å². The summed E-state index contributed by atoms with van der Waals surface area (Å²) in [6, 6.07) is 0.838. The van der Waals surface area contributed by atoms with Crippen molar-refractivity contribution in [2.24, 2.45) is 5.92 Å². The quantitative estimate of drug-likeness (QED) is 0.440. The van der Waals surface area contributed by atoms with Gasteiger partial charge in [0, 0.05) is 8.07 Å². The zero-order valence-corrected chi connectivity index (χ0v) is 13.1. The fourth-order valence-corrected chi connectivity index (χ4v) is 2.97. The molecular formula is C15H23NO2Si. The predicted molar refractivity (Wildman–Crippen MR) is 81.4 cm³/mol. The molecule has 0 bridgehead atoms. The molecule has 0 aromatic rings. The molecule has 1 aliphatic rings. The van der Waals surface area contributed by atoms with E-state index in [1.54, 1.807) is 6.08 Å². The minimum Gasteiger partial charge on any atom is -0.274 e. The van der Waals surface area contributed by atoms with Crippen LogP contribution in [0.15, 0.2) is 37.5 Å². The average molecular weight is 277 g/mol. The van der Waals surface area contributed by atoms with Crippen molar-refractivity contribution in [1.82, 2.24) is 4.90 Å². The van der Waals surface area contributed by atoms with E-state index in [1.165, 1.54) is 11.0 Å². The highest BCUT2D eigenvalue weighted by molar-refractivity contribution is 6.76. The number of hydrogen-bond donors (Lipinski definition) is 0. The lowest BCUT2D eigenvalue weighted by Gasteiger charge is -2.17. The van der Waals surface area contributed by atoms with Crippen LogP contribution < -0.4 is 0 Å². The van der Waals surface area contributed by atoms with E-state index in [-0.39, 0.29) is 23.8 Å². The normalized spacial score (nSPS) is 23.9. The van der Waals surface area contributed by atoms with Crippen molar-refractivity contribution in [2.45, 2.75) is 38.1 Å². The molecular weight excluding hydrogens is 254 g/mol. The van der Waals surface area contributed by atoms with E-state index in [0.717, 1.165) is 6.04 Å². The highest BCUT2D eigenvalue weighted by Gasteiger charge is 2.39. The molecule has 0 aliphatic carbocycles. The van der Waals surface area contributed by atoms with Crippen LogP contribution in [0.4, 0.5) is 0 Å². The summed E-state index contributed by atoms with van der Waals surface area (Å²) < 4.78 is 0. The third-order valence-electron chi connectivity index (χ3n) is 3.16. The first-order valence-electron chi connectivity index (χ1n) is 6.59. The predicted octanol–water partition coefficient (Wildman–Crippen LogP) is 3.00. The molecule has 1 saturated heterocycles. The molecule has 0 N–H and O–H groups in total. The monoisotopic (exact) mass is 277 g/mol. The summed E-state index contributed by atoms with van der Waals surface area (Å²) in [5.41, 5.74) is 0. The average Bonchev–Trinajstić information content (AvgIpc) is 2.64. The lowest BCUT2D eigenvalue weighted by atomic mass is 10.0. The zero-order chi connectivity index (χ0) is 14.6. The third kappa shape index (κ3) is 4.03. The number of carbonyl (C=O) groups is 2. The summed E-state index contributed by atoms with van der Waals surface area (Å²) in [6.07, 6.45) is 7.52. The van der Waals surface area contributed by atoms with Crippen LogP contribution in [-0.2, 0) is 9.59 Å². The van der Waals surface area contributed by atoms with Gasteiger partial charge in [-0.3, -0.25) is 14.5 Å². The molecule has 1 rings (SSSR count). The first kappa shape index (κ1) is 15.6. The Morgan fingerprint density at radius 1 is 1.42 bits per heavy atom. The molecule has 2 atom stereocenters. The van der Waals surface area contributed by atoms with E-state index in [1.807, 2.05) is 6.08 Å². The maximum atomic E-state index is 12.2. The van der Waals surface area contributed by atoms with Gasteiger partial charge in [0.1, 0.15) is 0 Å². The van der Waals surface area contributed by atoms with Gasteiger partial charge in [0.05, 0.1) is 12.0 Å². The van der Waals surface area contributed by atoms with Crippen LogP contribution in [0.2, 0.25) is 25.7 Å². The molecule has 0 radical (unpaired) electrons. The highest BCUT2D eigenvalue weighted by Crippen LogP contribution is 2.27. The number of imide groups is 1. The first-order valence-corrected chi connectivity index (χ1v) is 10.3. The molecule has 1 heterocycles. The van der Waals surface area contributed by atoms with Crippen LogP contribution in [0, 0.1) is 5.92 Å². The van der Waals surface area contributed by atoms with Crippen LogP contribution >= 0.6 is 0 Å². The minimum atomic E-state index is -1.14. The summed E-state index contributed by atoms with van der Waals surface area (Å²) in [5, 5.41) is 0. The van der Waals surface area contributed by atoms with Gasteiger partial charge in [0.2, 0.25) is 5.91 Å². The summed E-state index contributed by atoms with van der Waals surface area (Å²) in [7, 11) is -1.14. The Hall–Kier alpha value is -1.42. The Balaban J connectivity index is 2.78. The van der Waals surface area contributed by atoms with Gasteiger partial charge in [-0.2, -0.15) is 0 Å². The molecule has 0 spiro atoms. The van der Waals surface area contributed by atoms with Crippen molar-refractivity contribution in [3.63, 3.8) is 0 Å². The number of amides is 2. The van der Waals surface area contributed by atoms with E-state index in [9.17, 15) is 9.59 Å². The van der Waals surface area contributed by atoms with Crippen LogP contribution in [0.25, 0.3) is 0 Å². The fourth-order valence-electron chi connectivity index (χ4n) is 2.13. The largest absolute Gasteiger partial charge is 0.274 e. The molecule has 1 aliphatic heterocycles. The second kappa shape index (κ2) is 6.15. The first-order chi connectivity index (χ1) is 8.80. The Bertz CT molecular complexity index is 420. The molecule has 3 nitrogen and oxygen atoms in total. The van der Waals surface area contributed by atoms with Crippen molar-refractivity contribution in [3.8, 4) is 0 Å². The van der Waals surface area contributed by atoms with Gasteiger partial charge in [0.25, 0.3) is 5.91 Å². The summed E-state index contributed by atoms with van der Waals surface area (Å²) in [5.74, 6) is -0.680. The van der Waals surface area contributed by atoms with Gasteiger partial charge in [0.15, 0.2) is 0 Å². The van der Waals surface area contributed by atoms with Crippen LogP contribution in [-0.4, -0.2) is 30.8 Å². The lowest BCUT2D eigenvalue weighted by molar-refractivity contribution is -0.141. The maximum absolute atomic E-state index is 12.2. The Kier molecular flexibility index (Phi) is 5.06. The third-order valence-corrected chi connectivity index (χ3v) is 4.62. The number of hydrogen-bond acceptors (Lipinski definition) is 2. The molecule has 1 fully saturated rings. The van der Waals surface area contributed by atoms with Crippen molar-refractivity contribution in [3.05, 3.63) is 37.5 Å². The maximum Gasteiger partial charge on any atom is 0.253 e. The lowest BCUT2D eigenvalue weighted by Crippen LogP contribution is -2.37. The number of rotatable bonds is 5. The smallest absolute Gasteiger partial charge is 0.253 e. The highest BCUT2D eigenvalue weighted by atomic mass is 28.3. The molecule has 2 amide bonds. The van der Waals surface area contributed by atoms with Crippen molar-refractivity contribution < 1.29 is 9.59 Å². The summed E-state index contributed by atoms with van der Waals surface area (Å²) in [6.45, 7) is 14.0. The second-order valence-electron chi connectivity index (χ2n) is 6.09. The van der Waals surface area contributed by atoms with E-state index < -0.39 is 8.07 Å². The van der Waals surface area contributed by atoms with Gasteiger partial charge in [-0.05, 0) is 18.5 Å². The Morgan fingerprint density at radius 2 is 2.05 bits per heavy atom. The molecule has 0 unspecified atom stereocenters. The van der Waals surface area contributed by atoms with Crippen LogP contribution in [0.5, 0.6) is 0 Å². The van der Waals surface area contributed by atoms with Gasteiger partial charge in [-0.25, -0.2) is 0 Å². The van der Waals surface area contributed by atoms with Gasteiger partial charge >= 0.3 is 0 Å². The molecule has 104 valence electrons. The van der Waals surface area contributed by atoms with E-state index >= 15 is 0 Å². The number of carbonyl (C=O) groups excluding carboxylic acids is 2. The van der Waals surface area contributed by atoms with Gasteiger partial charge in [-0.1, -0.05) is 44.4 Å². The van der Waals surface area contributed by atoms with Crippen molar-refractivity contribution in [1.29, 1.82) is 0 Å². The molecule has 19 heavy (non-hydrogen) atoms. The van der Waals surface area contributed by atoms with Gasteiger partial charge in [-0.15, -0.1) is 6.58 Å². The van der Waals surface area contributed by atoms with Gasteiger partial charge < -0.3 is 0 Å². The van der Waals surface area contributed by atoms with E-state index in [4.69, 9.17) is 0 Å². The second-order valence-corrected chi connectivity index (χ2v) is 11.6.